The molecular weight excluding hydrogens is 312 g/mol. The summed E-state index contributed by atoms with van der Waals surface area (Å²) in [4.78, 5) is 11.1. The highest BCUT2D eigenvalue weighted by Gasteiger charge is 2.33. The first-order valence-corrected chi connectivity index (χ1v) is 7.12. The summed E-state index contributed by atoms with van der Waals surface area (Å²) in [6.07, 6.45) is 3.87. The van der Waals surface area contributed by atoms with Gasteiger partial charge in [0.25, 0.3) is 0 Å². The third kappa shape index (κ3) is 2.09. The van der Waals surface area contributed by atoms with Crippen LogP contribution in [-0.4, -0.2) is 4.98 Å². The predicted molar refractivity (Wildman–Crippen MR) is 76.1 cm³/mol. The Bertz CT molecular complexity index is 596. The molecule has 0 bridgehead atoms. The van der Waals surface area contributed by atoms with Crippen molar-refractivity contribution in [3.05, 3.63) is 52.1 Å². The second kappa shape index (κ2) is 4.50. The van der Waals surface area contributed by atoms with Crippen LogP contribution >= 0.6 is 27.3 Å². The van der Waals surface area contributed by atoms with Crippen molar-refractivity contribution < 1.29 is 4.84 Å². The number of nitrogens with one attached hydrogen (secondary N) is 1. The fraction of sp³-hybridized carbons (Fsp3) is 0.154. The van der Waals surface area contributed by atoms with Crippen LogP contribution < -0.4 is 5.48 Å². The highest BCUT2D eigenvalue weighted by atomic mass is 79.9. The maximum Gasteiger partial charge on any atom is 0.150 e. The van der Waals surface area contributed by atoms with Gasteiger partial charge < -0.3 is 0 Å². The van der Waals surface area contributed by atoms with E-state index < -0.39 is 5.60 Å². The Hall–Kier alpha value is -1.17. The maximum atomic E-state index is 5.57. The number of aromatic nitrogens is 1. The summed E-state index contributed by atoms with van der Waals surface area (Å²) in [5.74, 6) is 0. The molecule has 0 aliphatic carbocycles. The molecule has 1 aromatic carbocycles. The van der Waals surface area contributed by atoms with E-state index in [9.17, 15) is 0 Å². The first kappa shape index (κ1) is 11.9. The van der Waals surface area contributed by atoms with Crippen molar-refractivity contribution >= 4 is 27.3 Å². The summed E-state index contributed by atoms with van der Waals surface area (Å²) < 4.78 is 0.847. The minimum atomic E-state index is -0.455. The molecule has 2 aromatic rings. The zero-order valence-corrected chi connectivity index (χ0v) is 12.1. The zero-order chi connectivity index (χ0) is 12.6. The summed E-state index contributed by atoms with van der Waals surface area (Å²) in [6.45, 7) is 2.01. The molecule has 1 aliphatic rings. The van der Waals surface area contributed by atoms with Crippen LogP contribution in [-0.2, 0) is 10.4 Å². The fourth-order valence-corrected chi connectivity index (χ4v) is 3.29. The van der Waals surface area contributed by atoms with Gasteiger partial charge >= 0.3 is 0 Å². The van der Waals surface area contributed by atoms with E-state index in [0.717, 1.165) is 20.1 Å². The molecule has 0 fully saturated rings. The minimum absolute atomic E-state index is 0.455. The largest absolute Gasteiger partial charge is 0.259 e. The van der Waals surface area contributed by atoms with Crippen LogP contribution in [0.5, 0.6) is 0 Å². The van der Waals surface area contributed by atoms with Gasteiger partial charge in [-0.3, -0.25) is 10.3 Å². The molecule has 3 nitrogen and oxygen atoms in total. The van der Waals surface area contributed by atoms with E-state index in [1.807, 2.05) is 37.4 Å². The van der Waals surface area contributed by atoms with Crippen molar-refractivity contribution in [1.29, 1.82) is 0 Å². The maximum absolute atomic E-state index is 5.57. The molecule has 92 valence electrons. The van der Waals surface area contributed by atoms with Gasteiger partial charge in [0, 0.05) is 11.8 Å². The molecule has 1 unspecified atom stereocenters. The Kier molecular flexibility index (Phi) is 2.97. The molecule has 0 saturated carbocycles. The molecule has 1 aliphatic heterocycles. The fourth-order valence-electron chi connectivity index (χ4n) is 1.79. The van der Waals surface area contributed by atoms with Crippen LogP contribution in [0.2, 0.25) is 0 Å². The smallest absolute Gasteiger partial charge is 0.150 e. The molecule has 2 heterocycles. The van der Waals surface area contributed by atoms with Crippen LogP contribution in [0.3, 0.4) is 0 Å². The number of thiazole rings is 1. The normalized spacial score (nSPS) is 22.7. The number of nitrogens with zero attached hydrogens (tertiary/aromatic N) is 1. The topological polar surface area (TPSA) is 34.2 Å². The lowest BCUT2D eigenvalue weighted by Gasteiger charge is -2.17. The van der Waals surface area contributed by atoms with E-state index in [-0.39, 0.29) is 0 Å². The van der Waals surface area contributed by atoms with Crippen LogP contribution in [0.25, 0.3) is 10.6 Å². The lowest BCUT2D eigenvalue weighted by molar-refractivity contribution is -0.0266. The van der Waals surface area contributed by atoms with Crippen molar-refractivity contribution in [3.8, 4) is 10.6 Å². The molecule has 0 saturated heterocycles. The number of hydroxylamine groups is 1. The average Bonchev–Trinajstić information content (AvgIpc) is 2.99. The van der Waals surface area contributed by atoms with Gasteiger partial charge in [-0.1, -0.05) is 30.3 Å². The Balaban J connectivity index is 1.96. The Morgan fingerprint density at radius 3 is 2.78 bits per heavy atom. The van der Waals surface area contributed by atoms with E-state index in [4.69, 9.17) is 4.84 Å². The SMILES string of the molecule is CC1(c2cnc(-c3ccccc3)s2)C=C(Br)NO1. The minimum Gasteiger partial charge on any atom is -0.259 e. The highest BCUT2D eigenvalue weighted by Crippen LogP contribution is 2.38. The van der Waals surface area contributed by atoms with E-state index in [0.29, 0.717) is 0 Å². The zero-order valence-electron chi connectivity index (χ0n) is 9.68. The van der Waals surface area contributed by atoms with Gasteiger partial charge in [0.15, 0.2) is 0 Å². The van der Waals surface area contributed by atoms with E-state index in [2.05, 4.69) is 38.5 Å². The molecule has 1 aromatic heterocycles. The summed E-state index contributed by atoms with van der Waals surface area (Å²) in [7, 11) is 0. The lowest BCUT2D eigenvalue weighted by Crippen LogP contribution is -2.21. The quantitative estimate of drug-likeness (QED) is 0.854. The van der Waals surface area contributed by atoms with Gasteiger partial charge in [0.2, 0.25) is 0 Å². The summed E-state index contributed by atoms with van der Waals surface area (Å²) >= 11 is 5.01. The van der Waals surface area contributed by atoms with Crippen LogP contribution in [0.1, 0.15) is 11.8 Å². The lowest BCUT2D eigenvalue weighted by atomic mass is 10.1. The molecule has 0 amide bonds. The Labute approximate surface area is 118 Å². The standard InChI is InChI=1S/C13H11BrN2OS/c1-13(7-11(14)16-17-13)10-8-15-12(18-10)9-5-3-2-4-6-9/h2-8,16H,1H3. The van der Waals surface area contributed by atoms with Gasteiger partial charge in [0.1, 0.15) is 15.2 Å². The molecule has 1 N–H and O–H groups in total. The second-order valence-electron chi connectivity index (χ2n) is 4.20. The van der Waals surface area contributed by atoms with E-state index >= 15 is 0 Å². The van der Waals surface area contributed by atoms with Gasteiger partial charge in [-0.25, -0.2) is 4.98 Å². The molecule has 5 heteroatoms. The first-order valence-electron chi connectivity index (χ1n) is 5.51. The Morgan fingerprint density at radius 1 is 1.33 bits per heavy atom. The van der Waals surface area contributed by atoms with Gasteiger partial charge in [-0.2, -0.15) is 0 Å². The molecule has 0 spiro atoms. The third-order valence-corrected chi connectivity index (χ3v) is 4.43. The number of hydrogen-bond acceptors (Lipinski definition) is 4. The number of benzene rings is 1. The summed E-state index contributed by atoms with van der Waals surface area (Å²) in [6, 6.07) is 10.2. The average molecular weight is 323 g/mol. The van der Waals surface area contributed by atoms with Crippen molar-refractivity contribution in [2.24, 2.45) is 0 Å². The van der Waals surface area contributed by atoms with Gasteiger partial charge in [-0.05, 0) is 28.9 Å². The third-order valence-electron chi connectivity index (χ3n) is 2.78. The van der Waals surface area contributed by atoms with Crippen LogP contribution in [0, 0.1) is 0 Å². The number of rotatable bonds is 2. The molecule has 18 heavy (non-hydrogen) atoms. The molecule has 0 radical (unpaired) electrons. The monoisotopic (exact) mass is 322 g/mol. The van der Waals surface area contributed by atoms with Gasteiger partial charge in [-0.15, -0.1) is 11.3 Å². The van der Waals surface area contributed by atoms with Crippen LogP contribution in [0.15, 0.2) is 47.2 Å². The van der Waals surface area contributed by atoms with E-state index in [1.165, 1.54) is 0 Å². The summed E-state index contributed by atoms with van der Waals surface area (Å²) in [5, 5.41) is 1.01. The number of hydrogen-bond donors (Lipinski definition) is 1. The Morgan fingerprint density at radius 2 is 2.11 bits per heavy atom. The van der Waals surface area contributed by atoms with Crippen molar-refractivity contribution in [2.75, 3.05) is 0 Å². The second-order valence-corrected chi connectivity index (χ2v) is 6.08. The predicted octanol–water partition coefficient (Wildman–Crippen LogP) is 3.80. The molecular formula is C13H11BrN2OS. The summed E-state index contributed by atoms with van der Waals surface area (Å²) in [5.41, 5.74) is 3.49. The number of halogens is 1. The highest BCUT2D eigenvalue weighted by molar-refractivity contribution is 9.11. The molecule has 3 rings (SSSR count). The van der Waals surface area contributed by atoms with Crippen LogP contribution in [0.4, 0.5) is 0 Å². The van der Waals surface area contributed by atoms with Crippen molar-refractivity contribution in [3.63, 3.8) is 0 Å². The van der Waals surface area contributed by atoms with E-state index in [1.54, 1.807) is 11.3 Å². The van der Waals surface area contributed by atoms with Crippen molar-refractivity contribution in [1.82, 2.24) is 10.5 Å². The van der Waals surface area contributed by atoms with Crippen molar-refractivity contribution in [2.45, 2.75) is 12.5 Å². The molecule has 1 atom stereocenters. The van der Waals surface area contributed by atoms with Gasteiger partial charge in [0.05, 0.1) is 4.88 Å². The first-order chi connectivity index (χ1) is 8.67.